The van der Waals surface area contributed by atoms with Crippen LogP contribution in [-0.4, -0.2) is 23.3 Å². The molecule has 148 valence electrons. The minimum absolute atomic E-state index is 0.242. The number of esters is 1. The number of rotatable bonds is 6. The van der Waals surface area contributed by atoms with Gasteiger partial charge in [0.1, 0.15) is 9.88 Å². The molecule has 4 aromatic rings. The number of thiazole rings is 1. The molecule has 0 fully saturated rings. The van der Waals surface area contributed by atoms with Crippen molar-refractivity contribution in [3.05, 3.63) is 101 Å². The maximum Gasteiger partial charge on any atom is 0.350 e. The summed E-state index contributed by atoms with van der Waals surface area (Å²) in [5.74, 6) is -0.769. The van der Waals surface area contributed by atoms with Crippen molar-refractivity contribution in [2.24, 2.45) is 0 Å². The number of ether oxygens (including phenoxy) is 1. The number of carbonyl (C=O) groups is 2. The number of nitrogens with zero attached hydrogens (tertiary/aromatic N) is 1. The highest BCUT2D eigenvalue weighted by molar-refractivity contribution is 7.17. The Bertz CT molecular complexity index is 1170. The molecule has 3 aromatic carbocycles. The first-order chi connectivity index (χ1) is 14.6. The van der Waals surface area contributed by atoms with Gasteiger partial charge in [0.15, 0.2) is 12.4 Å². The number of Topliss-reactive ketones (excluding diaryl/α,β-unsaturated/α-hetero) is 1. The Morgan fingerprint density at radius 2 is 1.37 bits per heavy atom. The fourth-order valence-electron chi connectivity index (χ4n) is 3.05. The van der Waals surface area contributed by atoms with Crippen LogP contribution in [-0.2, 0) is 4.74 Å². The number of aromatic nitrogens is 1. The molecule has 30 heavy (non-hydrogen) atoms. The van der Waals surface area contributed by atoms with Crippen molar-refractivity contribution < 1.29 is 14.3 Å². The molecule has 0 unspecified atom stereocenters. The van der Waals surface area contributed by atoms with Gasteiger partial charge in [0, 0.05) is 11.1 Å². The molecule has 1 aromatic heterocycles. The van der Waals surface area contributed by atoms with Crippen LogP contribution in [0.2, 0.25) is 0 Å². The van der Waals surface area contributed by atoms with E-state index in [1.807, 2.05) is 72.8 Å². The Morgan fingerprint density at radius 1 is 0.800 bits per heavy atom. The van der Waals surface area contributed by atoms with E-state index >= 15 is 0 Å². The van der Waals surface area contributed by atoms with Gasteiger partial charge in [-0.15, -0.1) is 11.3 Å². The van der Waals surface area contributed by atoms with Crippen molar-refractivity contribution in [1.29, 1.82) is 0 Å². The van der Waals surface area contributed by atoms with Crippen LogP contribution in [0.25, 0.3) is 21.7 Å². The summed E-state index contributed by atoms with van der Waals surface area (Å²) in [5.41, 5.74) is 4.16. The molecule has 0 aliphatic heterocycles. The maximum atomic E-state index is 12.5. The van der Waals surface area contributed by atoms with Gasteiger partial charge in [-0.05, 0) is 18.1 Å². The molecule has 0 amide bonds. The Morgan fingerprint density at radius 3 is 2.00 bits per heavy atom. The summed E-state index contributed by atoms with van der Waals surface area (Å²) in [5, 5.41) is 0.753. The molecule has 0 radical (unpaired) electrons. The van der Waals surface area contributed by atoms with Crippen LogP contribution in [0.5, 0.6) is 0 Å². The van der Waals surface area contributed by atoms with E-state index in [2.05, 4.69) is 4.98 Å². The quantitative estimate of drug-likeness (QED) is 0.295. The third-order valence-corrected chi connectivity index (χ3v) is 5.84. The molecule has 5 heteroatoms. The van der Waals surface area contributed by atoms with E-state index in [1.54, 1.807) is 19.1 Å². The van der Waals surface area contributed by atoms with E-state index in [1.165, 1.54) is 11.3 Å². The second kappa shape index (κ2) is 8.84. The predicted molar refractivity (Wildman–Crippen MR) is 119 cm³/mol. The third-order valence-electron chi connectivity index (χ3n) is 4.65. The lowest BCUT2D eigenvalue weighted by Gasteiger charge is -2.05. The van der Waals surface area contributed by atoms with E-state index in [0.717, 1.165) is 21.7 Å². The fourth-order valence-corrected chi connectivity index (χ4v) is 4.01. The number of aryl methyl sites for hydroxylation is 1. The van der Waals surface area contributed by atoms with Gasteiger partial charge in [-0.25, -0.2) is 9.78 Å². The Balaban J connectivity index is 1.40. The smallest absolute Gasteiger partial charge is 0.350 e. The average Bonchev–Trinajstić information content (AvgIpc) is 3.20. The maximum absolute atomic E-state index is 12.5. The second-order valence-corrected chi connectivity index (χ2v) is 7.74. The minimum atomic E-state index is -0.526. The van der Waals surface area contributed by atoms with Crippen molar-refractivity contribution >= 4 is 23.1 Å². The summed E-state index contributed by atoms with van der Waals surface area (Å²) in [7, 11) is 0. The number of hydrogen-bond donors (Lipinski definition) is 0. The monoisotopic (exact) mass is 413 g/mol. The summed E-state index contributed by atoms with van der Waals surface area (Å²) in [6.07, 6.45) is 0. The van der Waals surface area contributed by atoms with E-state index < -0.39 is 5.97 Å². The predicted octanol–water partition coefficient (Wildman–Crippen LogP) is 5.83. The summed E-state index contributed by atoms with van der Waals surface area (Å²) in [6, 6.07) is 26.9. The molecule has 0 saturated heterocycles. The molecule has 0 atom stereocenters. The highest BCUT2D eigenvalue weighted by atomic mass is 32.1. The zero-order chi connectivity index (χ0) is 20.9. The summed E-state index contributed by atoms with van der Waals surface area (Å²) < 4.78 is 5.27. The van der Waals surface area contributed by atoms with E-state index in [0.29, 0.717) is 16.1 Å². The Hall–Kier alpha value is -3.57. The SMILES string of the molecule is Cc1nc(-c2ccccc2)sc1C(=O)OCC(=O)c1ccc(-c2ccccc2)cc1. The van der Waals surface area contributed by atoms with E-state index in [-0.39, 0.29) is 12.4 Å². The second-order valence-electron chi connectivity index (χ2n) is 6.74. The average molecular weight is 413 g/mol. The molecule has 0 aliphatic carbocycles. The number of hydrogen-bond acceptors (Lipinski definition) is 5. The fraction of sp³-hybridized carbons (Fsp3) is 0.0800. The number of benzene rings is 3. The highest BCUT2D eigenvalue weighted by Gasteiger charge is 2.19. The van der Waals surface area contributed by atoms with Crippen molar-refractivity contribution in [2.75, 3.05) is 6.61 Å². The zero-order valence-electron chi connectivity index (χ0n) is 16.4. The zero-order valence-corrected chi connectivity index (χ0v) is 17.2. The van der Waals surface area contributed by atoms with Crippen LogP contribution in [0.15, 0.2) is 84.9 Å². The van der Waals surface area contributed by atoms with Crippen molar-refractivity contribution in [3.63, 3.8) is 0 Å². The Kier molecular flexibility index (Phi) is 5.82. The standard InChI is InChI=1S/C25H19NO3S/c1-17-23(30-24(26-17)21-10-6-3-7-11-21)25(28)29-16-22(27)20-14-12-19(13-15-20)18-8-4-2-5-9-18/h2-15H,16H2,1H3. The molecule has 1 heterocycles. The van der Waals surface area contributed by atoms with Crippen LogP contribution in [0, 0.1) is 6.92 Å². The van der Waals surface area contributed by atoms with Crippen LogP contribution in [0.3, 0.4) is 0 Å². The first-order valence-electron chi connectivity index (χ1n) is 9.50. The van der Waals surface area contributed by atoms with E-state index in [9.17, 15) is 9.59 Å². The van der Waals surface area contributed by atoms with Gasteiger partial charge in [0.2, 0.25) is 0 Å². The van der Waals surface area contributed by atoms with Crippen molar-refractivity contribution in [2.45, 2.75) is 6.92 Å². The molecular formula is C25H19NO3S. The first kappa shape index (κ1) is 19.7. The lowest BCUT2D eigenvalue weighted by molar-refractivity contribution is 0.0478. The Labute approximate surface area is 178 Å². The van der Waals surface area contributed by atoms with Crippen LogP contribution >= 0.6 is 11.3 Å². The molecule has 0 bridgehead atoms. The van der Waals surface area contributed by atoms with Gasteiger partial charge >= 0.3 is 5.97 Å². The van der Waals surface area contributed by atoms with Crippen molar-refractivity contribution in [1.82, 2.24) is 4.98 Å². The summed E-state index contributed by atoms with van der Waals surface area (Å²) >= 11 is 1.27. The van der Waals surface area contributed by atoms with Gasteiger partial charge < -0.3 is 4.74 Å². The third kappa shape index (κ3) is 4.36. The minimum Gasteiger partial charge on any atom is -0.453 e. The molecule has 4 nitrogen and oxygen atoms in total. The van der Waals surface area contributed by atoms with Gasteiger partial charge in [-0.2, -0.15) is 0 Å². The first-order valence-corrected chi connectivity index (χ1v) is 10.3. The molecule has 0 saturated carbocycles. The van der Waals surface area contributed by atoms with Crippen LogP contribution in [0.1, 0.15) is 25.7 Å². The van der Waals surface area contributed by atoms with E-state index in [4.69, 9.17) is 4.74 Å². The molecule has 0 N–H and O–H groups in total. The molecule has 4 rings (SSSR count). The highest BCUT2D eigenvalue weighted by Crippen LogP contribution is 2.28. The molecule has 0 aliphatic rings. The van der Waals surface area contributed by atoms with Gasteiger partial charge in [0.05, 0.1) is 5.69 Å². The molecule has 0 spiro atoms. The van der Waals surface area contributed by atoms with Crippen molar-refractivity contribution in [3.8, 4) is 21.7 Å². The summed E-state index contributed by atoms with van der Waals surface area (Å²) in [4.78, 5) is 29.8. The summed E-state index contributed by atoms with van der Waals surface area (Å²) in [6.45, 7) is 1.46. The van der Waals surface area contributed by atoms with Gasteiger partial charge in [-0.1, -0.05) is 84.9 Å². The van der Waals surface area contributed by atoms with Gasteiger partial charge in [-0.3, -0.25) is 4.79 Å². The largest absolute Gasteiger partial charge is 0.453 e. The topological polar surface area (TPSA) is 56.3 Å². The number of carbonyl (C=O) groups excluding carboxylic acids is 2. The normalized spacial score (nSPS) is 10.6. The lowest BCUT2D eigenvalue weighted by atomic mass is 10.0. The van der Waals surface area contributed by atoms with Crippen LogP contribution in [0.4, 0.5) is 0 Å². The lowest BCUT2D eigenvalue weighted by Crippen LogP contribution is -2.14. The van der Waals surface area contributed by atoms with Crippen LogP contribution < -0.4 is 0 Å². The van der Waals surface area contributed by atoms with Gasteiger partial charge in [0.25, 0.3) is 0 Å². The molecular weight excluding hydrogens is 394 g/mol. The number of ketones is 1.